The number of nitrogens with one attached hydrogen (secondary N) is 1. The lowest BCUT2D eigenvalue weighted by Gasteiger charge is -2.29. The number of nitrogens with zero attached hydrogens (tertiary/aromatic N) is 1. The van der Waals surface area contributed by atoms with Crippen molar-refractivity contribution in [2.24, 2.45) is 0 Å². The molecule has 0 fully saturated rings. The van der Waals surface area contributed by atoms with Gasteiger partial charge in [0.2, 0.25) is 5.91 Å². The molecule has 1 aliphatic heterocycles. The fourth-order valence-electron chi connectivity index (χ4n) is 2.75. The Morgan fingerprint density at radius 3 is 2.45 bits per heavy atom. The highest BCUT2D eigenvalue weighted by atomic mass is 16.6. The van der Waals surface area contributed by atoms with Gasteiger partial charge in [-0.2, -0.15) is 0 Å². The number of amides is 2. The smallest absolute Gasteiger partial charge is 0.414 e. The quantitative estimate of drug-likeness (QED) is 0.751. The minimum Gasteiger partial charge on any atom is -0.490 e. The number of hydrogen-bond acceptors (Lipinski definition) is 5. The van der Waals surface area contributed by atoms with E-state index in [2.05, 4.69) is 5.32 Å². The number of ether oxygens (including phenoxy) is 2. The molecular formula is C22H29N3O4. The molecule has 0 aromatic heterocycles. The van der Waals surface area contributed by atoms with E-state index in [1.807, 2.05) is 51.1 Å². The van der Waals surface area contributed by atoms with Crippen LogP contribution >= 0.6 is 0 Å². The summed E-state index contributed by atoms with van der Waals surface area (Å²) < 4.78 is 10.9. The summed E-state index contributed by atoms with van der Waals surface area (Å²) >= 11 is 0. The molecule has 0 radical (unpaired) electrons. The molecule has 1 aliphatic rings. The molecule has 0 unspecified atom stereocenters. The molecule has 2 aromatic carbocycles. The molecule has 0 saturated carbocycles. The van der Waals surface area contributed by atoms with Crippen LogP contribution in [0.15, 0.2) is 48.5 Å². The van der Waals surface area contributed by atoms with E-state index < -0.39 is 6.09 Å². The van der Waals surface area contributed by atoms with E-state index >= 15 is 0 Å². The van der Waals surface area contributed by atoms with Crippen molar-refractivity contribution < 1.29 is 19.1 Å². The van der Waals surface area contributed by atoms with Crippen LogP contribution in [0.3, 0.4) is 0 Å². The van der Waals surface area contributed by atoms with E-state index in [0.717, 1.165) is 5.56 Å². The van der Waals surface area contributed by atoms with Crippen molar-refractivity contribution in [2.45, 2.75) is 39.8 Å². The van der Waals surface area contributed by atoms with Crippen molar-refractivity contribution in [2.75, 3.05) is 23.8 Å². The molecule has 7 nitrogen and oxygen atoms in total. The maximum Gasteiger partial charge on any atom is 0.414 e. The van der Waals surface area contributed by atoms with Crippen molar-refractivity contribution in [3.8, 4) is 5.75 Å². The molecule has 1 heterocycles. The Morgan fingerprint density at radius 2 is 1.86 bits per heavy atom. The SMILES string of the molecule is CC(=O)NC(C)(C)C.Nc1ccc2c(c1)N(C(=O)OCc1ccccc1)CCO2. The van der Waals surface area contributed by atoms with E-state index in [9.17, 15) is 9.59 Å². The number of fused-ring (bicyclic) bond motifs is 1. The Balaban J connectivity index is 0.000000321. The largest absolute Gasteiger partial charge is 0.490 e. The molecule has 0 saturated heterocycles. The van der Waals surface area contributed by atoms with Crippen LogP contribution in [0.25, 0.3) is 0 Å². The average molecular weight is 399 g/mol. The number of nitrogen functional groups attached to an aromatic ring is 1. The second kappa shape index (κ2) is 9.82. The predicted octanol–water partition coefficient (Wildman–Crippen LogP) is 3.73. The highest BCUT2D eigenvalue weighted by Gasteiger charge is 2.25. The number of benzene rings is 2. The van der Waals surface area contributed by atoms with Crippen molar-refractivity contribution in [1.29, 1.82) is 0 Å². The number of carbonyl (C=O) groups excluding carboxylic acids is 2. The van der Waals surface area contributed by atoms with Crippen molar-refractivity contribution in [3.63, 3.8) is 0 Å². The summed E-state index contributed by atoms with van der Waals surface area (Å²) in [6.45, 7) is 8.51. The molecule has 0 bridgehead atoms. The first kappa shape index (κ1) is 22.1. The van der Waals surface area contributed by atoms with Gasteiger partial charge in [-0.1, -0.05) is 30.3 Å². The van der Waals surface area contributed by atoms with E-state index in [4.69, 9.17) is 15.2 Å². The standard InChI is InChI=1S/C16H16N2O3.C6H13NO/c17-13-6-7-15-14(10-13)18(8-9-20-15)16(19)21-11-12-4-2-1-3-5-12;1-5(8)7-6(2,3)4/h1-7,10H,8-9,11,17H2;1-4H3,(H,7,8). The summed E-state index contributed by atoms with van der Waals surface area (Å²) in [4.78, 5) is 24.2. The first-order valence-corrected chi connectivity index (χ1v) is 9.45. The molecule has 29 heavy (non-hydrogen) atoms. The molecule has 2 amide bonds. The lowest BCUT2D eigenvalue weighted by atomic mass is 10.1. The van der Waals surface area contributed by atoms with E-state index in [1.165, 1.54) is 6.92 Å². The first-order valence-electron chi connectivity index (χ1n) is 9.45. The second-order valence-electron chi connectivity index (χ2n) is 7.70. The third-order valence-electron chi connectivity index (χ3n) is 3.82. The van der Waals surface area contributed by atoms with Gasteiger partial charge in [0.1, 0.15) is 19.0 Å². The molecule has 2 aromatic rings. The zero-order valence-corrected chi connectivity index (χ0v) is 17.4. The average Bonchev–Trinajstić information content (AvgIpc) is 2.65. The molecular weight excluding hydrogens is 370 g/mol. The summed E-state index contributed by atoms with van der Waals surface area (Å²) in [6, 6.07) is 14.8. The topological polar surface area (TPSA) is 93.9 Å². The van der Waals surface area contributed by atoms with Gasteiger partial charge in [-0.15, -0.1) is 0 Å². The third kappa shape index (κ3) is 7.37. The molecule has 156 valence electrons. The fraction of sp³-hybridized carbons (Fsp3) is 0.364. The van der Waals surface area contributed by atoms with E-state index in [0.29, 0.717) is 30.3 Å². The Hall–Kier alpha value is -3.22. The van der Waals surface area contributed by atoms with Crippen LogP contribution < -0.4 is 20.7 Å². The summed E-state index contributed by atoms with van der Waals surface area (Å²) in [5, 5.41) is 2.74. The minimum atomic E-state index is -0.394. The van der Waals surface area contributed by atoms with Gasteiger partial charge in [0.25, 0.3) is 0 Å². The van der Waals surface area contributed by atoms with Crippen LogP contribution in [0.2, 0.25) is 0 Å². The molecule has 3 N–H and O–H groups in total. The van der Waals surface area contributed by atoms with Crippen molar-refractivity contribution in [1.82, 2.24) is 5.32 Å². The Bertz CT molecular complexity index is 832. The van der Waals surface area contributed by atoms with Crippen LogP contribution in [0.4, 0.5) is 16.2 Å². The molecule has 7 heteroatoms. The van der Waals surface area contributed by atoms with Gasteiger partial charge < -0.3 is 20.5 Å². The third-order valence-corrected chi connectivity index (χ3v) is 3.82. The van der Waals surface area contributed by atoms with Crippen LogP contribution in [-0.4, -0.2) is 30.7 Å². The van der Waals surface area contributed by atoms with Gasteiger partial charge in [0.05, 0.1) is 12.2 Å². The van der Waals surface area contributed by atoms with E-state index in [1.54, 1.807) is 23.1 Å². The highest BCUT2D eigenvalue weighted by molar-refractivity contribution is 5.91. The number of rotatable bonds is 2. The Morgan fingerprint density at radius 1 is 1.17 bits per heavy atom. The molecule has 3 rings (SSSR count). The fourth-order valence-corrected chi connectivity index (χ4v) is 2.75. The number of anilines is 2. The number of hydrogen-bond donors (Lipinski definition) is 2. The van der Waals surface area contributed by atoms with Gasteiger partial charge in [-0.3, -0.25) is 9.69 Å². The maximum atomic E-state index is 12.3. The summed E-state index contributed by atoms with van der Waals surface area (Å²) in [5.41, 5.74) is 7.88. The normalized spacial score (nSPS) is 12.6. The van der Waals surface area contributed by atoms with Crippen LogP contribution in [-0.2, 0) is 16.1 Å². The zero-order valence-electron chi connectivity index (χ0n) is 17.4. The lowest BCUT2D eigenvalue weighted by Crippen LogP contribution is -2.38. The van der Waals surface area contributed by atoms with Crippen molar-refractivity contribution in [3.05, 3.63) is 54.1 Å². The van der Waals surface area contributed by atoms with Crippen molar-refractivity contribution >= 4 is 23.4 Å². The molecule has 0 atom stereocenters. The summed E-state index contributed by atoms with van der Waals surface area (Å²) in [6.07, 6.45) is -0.394. The molecule has 0 spiro atoms. The van der Waals surface area contributed by atoms with Gasteiger partial charge in [0.15, 0.2) is 0 Å². The summed E-state index contributed by atoms with van der Waals surface area (Å²) in [5.74, 6) is 0.671. The highest BCUT2D eigenvalue weighted by Crippen LogP contribution is 2.33. The van der Waals surface area contributed by atoms with Gasteiger partial charge >= 0.3 is 6.09 Å². The second-order valence-corrected chi connectivity index (χ2v) is 7.70. The number of nitrogens with two attached hydrogens (primary N) is 1. The van der Waals surface area contributed by atoms with Crippen LogP contribution in [0.5, 0.6) is 5.75 Å². The van der Waals surface area contributed by atoms with Crippen LogP contribution in [0, 0.1) is 0 Å². The van der Waals surface area contributed by atoms with E-state index in [-0.39, 0.29) is 18.1 Å². The number of carbonyl (C=O) groups is 2. The summed E-state index contributed by atoms with van der Waals surface area (Å²) in [7, 11) is 0. The van der Waals surface area contributed by atoms with Gasteiger partial charge in [-0.25, -0.2) is 4.79 Å². The van der Waals surface area contributed by atoms with Crippen LogP contribution in [0.1, 0.15) is 33.3 Å². The first-order chi connectivity index (χ1) is 13.7. The molecule has 0 aliphatic carbocycles. The zero-order chi connectivity index (χ0) is 21.4. The minimum absolute atomic E-state index is 0.0255. The Labute approximate surface area is 171 Å². The van der Waals surface area contributed by atoms with Gasteiger partial charge in [0, 0.05) is 18.2 Å². The van der Waals surface area contributed by atoms with Gasteiger partial charge in [-0.05, 0) is 44.5 Å². The maximum absolute atomic E-state index is 12.3. The monoisotopic (exact) mass is 399 g/mol. The lowest BCUT2D eigenvalue weighted by molar-refractivity contribution is -0.120. The predicted molar refractivity (Wildman–Crippen MR) is 114 cm³/mol. The Kier molecular flexibility index (Phi) is 7.47.